The van der Waals surface area contributed by atoms with Crippen LogP contribution in [0.3, 0.4) is 0 Å². The van der Waals surface area contributed by atoms with Crippen LogP contribution in [0.4, 0.5) is 0 Å². The number of para-hydroxylation sites is 1. The van der Waals surface area contributed by atoms with Crippen molar-refractivity contribution in [1.82, 2.24) is 9.47 Å². The highest BCUT2D eigenvalue weighted by atomic mass is 16.2. The van der Waals surface area contributed by atoms with Crippen LogP contribution in [0.15, 0.2) is 54.6 Å². The van der Waals surface area contributed by atoms with E-state index in [9.17, 15) is 4.79 Å². The summed E-state index contributed by atoms with van der Waals surface area (Å²) in [7, 11) is 2.14. The van der Waals surface area contributed by atoms with Crippen LogP contribution >= 0.6 is 0 Å². The molecule has 0 aliphatic heterocycles. The normalized spacial score (nSPS) is 19.3. The highest BCUT2D eigenvalue weighted by Crippen LogP contribution is 2.37. The molecule has 0 unspecified atom stereocenters. The molecule has 1 atom stereocenters. The molecule has 2 aromatic carbocycles. The van der Waals surface area contributed by atoms with Crippen LogP contribution in [-0.4, -0.2) is 15.4 Å². The molecular weight excluding hydrogens is 380 g/mol. The molecule has 31 heavy (non-hydrogen) atoms. The Balaban J connectivity index is 1.48. The summed E-state index contributed by atoms with van der Waals surface area (Å²) in [6, 6.07) is 19.8. The molecule has 0 radical (unpaired) electrons. The maximum absolute atomic E-state index is 13.8. The Morgan fingerprint density at radius 3 is 2.58 bits per heavy atom. The number of hydrogen-bond acceptors (Lipinski definition) is 1. The summed E-state index contributed by atoms with van der Waals surface area (Å²) in [6.45, 7) is 0.690. The van der Waals surface area contributed by atoms with Gasteiger partial charge < -0.3 is 9.47 Å². The molecule has 1 amide bonds. The van der Waals surface area contributed by atoms with Crippen LogP contribution in [0.2, 0.25) is 0 Å². The van der Waals surface area contributed by atoms with E-state index in [4.69, 9.17) is 0 Å². The highest BCUT2D eigenvalue weighted by molar-refractivity contribution is 5.82. The third-order valence-electron chi connectivity index (χ3n) is 7.61. The predicted molar refractivity (Wildman–Crippen MR) is 127 cm³/mol. The lowest BCUT2D eigenvalue weighted by molar-refractivity contribution is -0.136. The minimum absolute atomic E-state index is 0.194. The first-order valence-corrected chi connectivity index (χ1v) is 12.1. The Morgan fingerprint density at radius 1 is 0.968 bits per heavy atom. The van der Waals surface area contributed by atoms with Crippen molar-refractivity contribution in [3.05, 3.63) is 71.4 Å². The van der Waals surface area contributed by atoms with Gasteiger partial charge in [-0.25, -0.2) is 0 Å². The molecular formula is C28H34N2O. The molecule has 162 valence electrons. The van der Waals surface area contributed by atoms with Gasteiger partial charge in [0.2, 0.25) is 5.91 Å². The van der Waals surface area contributed by atoms with Gasteiger partial charge in [-0.3, -0.25) is 4.79 Å². The van der Waals surface area contributed by atoms with E-state index in [2.05, 4.69) is 71.1 Å². The average Bonchev–Trinajstić information content (AvgIpc) is 3.13. The Labute approximate surface area is 186 Å². The Kier molecular flexibility index (Phi) is 5.85. The van der Waals surface area contributed by atoms with Crippen molar-refractivity contribution >= 4 is 16.8 Å². The van der Waals surface area contributed by atoms with Crippen LogP contribution in [0.1, 0.15) is 74.2 Å². The van der Waals surface area contributed by atoms with Gasteiger partial charge in [0, 0.05) is 24.7 Å². The summed E-state index contributed by atoms with van der Waals surface area (Å²) in [4.78, 5) is 16.0. The summed E-state index contributed by atoms with van der Waals surface area (Å²) in [5, 5.41) is 1.25. The lowest BCUT2D eigenvalue weighted by Gasteiger charge is -2.37. The first-order valence-electron chi connectivity index (χ1n) is 12.1. The molecule has 2 aliphatic carbocycles. The maximum atomic E-state index is 13.8. The van der Waals surface area contributed by atoms with Gasteiger partial charge in [-0.1, -0.05) is 61.7 Å². The quantitative estimate of drug-likeness (QED) is 0.464. The number of amides is 1. The molecule has 0 N–H and O–H groups in total. The molecule has 0 saturated heterocycles. The van der Waals surface area contributed by atoms with Crippen molar-refractivity contribution in [2.45, 2.75) is 70.4 Å². The number of fused-ring (bicyclic) bond motifs is 2. The molecule has 3 nitrogen and oxygen atoms in total. The second kappa shape index (κ2) is 8.90. The minimum atomic E-state index is 0.194. The van der Waals surface area contributed by atoms with E-state index in [-0.39, 0.29) is 6.04 Å². The molecule has 2 aliphatic rings. The van der Waals surface area contributed by atoms with E-state index in [1.54, 1.807) is 0 Å². The molecule has 3 heteroatoms. The molecule has 0 spiro atoms. The van der Waals surface area contributed by atoms with Crippen molar-refractivity contribution in [3.63, 3.8) is 0 Å². The van der Waals surface area contributed by atoms with Gasteiger partial charge in [0.15, 0.2) is 0 Å². The molecule has 0 bridgehead atoms. The average molecular weight is 415 g/mol. The molecule has 5 rings (SSSR count). The molecule has 1 fully saturated rings. The molecule has 1 heterocycles. The fourth-order valence-corrected chi connectivity index (χ4v) is 5.85. The van der Waals surface area contributed by atoms with E-state index in [1.165, 1.54) is 59.8 Å². The van der Waals surface area contributed by atoms with E-state index < -0.39 is 0 Å². The minimum Gasteiger partial charge on any atom is -0.346 e. The van der Waals surface area contributed by atoms with E-state index in [1.807, 2.05) is 0 Å². The van der Waals surface area contributed by atoms with Crippen molar-refractivity contribution < 1.29 is 4.79 Å². The lowest BCUT2D eigenvalue weighted by Crippen LogP contribution is -2.37. The van der Waals surface area contributed by atoms with E-state index in [0.717, 1.165) is 19.3 Å². The standard InChI is InChI=1S/C28H34N2O/c1-29-24(19-23-13-6-8-16-26(23)29)20-30(28(31)18-21-10-3-2-4-11-21)27-17-9-14-22-12-5-7-15-25(22)27/h5-8,12-13,15-16,19,21,27H,2-4,9-11,14,17-18,20H2,1H3/t27-/m0/s1. The largest absolute Gasteiger partial charge is 0.346 e. The Morgan fingerprint density at radius 2 is 1.74 bits per heavy atom. The van der Waals surface area contributed by atoms with Crippen LogP contribution in [0, 0.1) is 5.92 Å². The van der Waals surface area contributed by atoms with Crippen LogP contribution in [-0.2, 0) is 24.8 Å². The lowest BCUT2D eigenvalue weighted by atomic mass is 9.84. The number of aromatic nitrogens is 1. The van der Waals surface area contributed by atoms with Gasteiger partial charge in [-0.15, -0.1) is 0 Å². The predicted octanol–water partition coefficient (Wildman–Crippen LogP) is 6.55. The number of rotatable bonds is 5. The first-order chi connectivity index (χ1) is 15.2. The van der Waals surface area contributed by atoms with Crippen LogP contribution in [0.25, 0.3) is 10.9 Å². The van der Waals surface area contributed by atoms with E-state index >= 15 is 0 Å². The van der Waals surface area contributed by atoms with Crippen molar-refractivity contribution in [1.29, 1.82) is 0 Å². The molecule has 1 saturated carbocycles. The second-order valence-electron chi connectivity index (χ2n) is 9.59. The first kappa shape index (κ1) is 20.4. The topological polar surface area (TPSA) is 25.2 Å². The van der Waals surface area contributed by atoms with Gasteiger partial charge in [0.1, 0.15) is 0 Å². The number of carbonyl (C=O) groups excluding carboxylic acids is 1. The zero-order chi connectivity index (χ0) is 21.2. The van der Waals surface area contributed by atoms with Gasteiger partial charge in [0.25, 0.3) is 0 Å². The number of benzene rings is 2. The zero-order valence-corrected chi connectivity index (χ0v) is 18.7. The number of aryl methyl sites for hydroxylation is 2. The fourth-order valence-electron chi connectivity index (χ4n) is 5.85. The summed E-state index contributed by atoms with van der Waals surface area (Å²) in [6.07, 6.45) is 10.4. The van der Waals surface area contributed by atoms with Gasteiger partial charge in [0.05, 0.1) is 12.6 Å². The fraction of sp³-hybridized carbons (Fsp3) is 0.464. The Bertz CT molecular complexity index is 1060. The summed E-state index contributed by atoms with van der Waals surface area (Å²) in [5.74, 6) is 0.911. The third kappa shape index (κ3) is 4.15. The van der Waals surface area contributed by atoms with Crippen molar-refractivity contribution in [3.8, 4) is 0 Å². The number of carbonyl (C=O) groups is 1. The van der Waals surface area contributed by atoms with Crippen molar-refractivity contribution in [2.24, 2.45) is 13.0 Å². The van der Waals surface area contributed by atoms with Gasteiger partial charge in [-0.2, -0.15) is 0 Å². The monoisotopic (exact) mass is 414 g/mol. The summed E-state index contributed by atoms with van der Waals surface area (Å²) in [5.41, 5.74) is 5.25. The molecule has 1 aromatic heterocycles. The van der Waals surface area contributed by atoms with Gasteiger partial charge in [-0.05, 0) is 66.7 Å². The maximum Gasteiger partial charge on any atom is 0.223 e. The SMILES string of the molecule is Cn1c(CN(C(=O)CC2CCCCC2)[C@H]2CCCc3ccccc32)cc2ccccc21. The molecule has 3 aromatic rings. The van der Waals surface area contributed by atoms with Gasteiger partial charge >= 0.3 is 0 Å². The van der Waals surface area contributed by atoms with Crippen molar-refractivity contribution in [2.75, 3.05) is 0 Å². The highest BCUT2D eigenvalue weighted by Gasteiger charge is 2.31. The number of hydrogen-bond donors (Lipinski definition) is 0. The number of nitrogens with zero attached hydrogens (tertiary/aromatic N) is 2. The smallest absolute Gasteiger partial charge is 0.223 e. The summed E-state index contributed by atoms with van der Waals surface area (Å²) < 4.78 is 2.27. The Hall–Kier alpha value is -2.55. The second-order valence-corrected chi connectivity index (χ2v) is 9.59. The zero-order valence-electron chi connectivity index (χ0n) is 18.7. The summed E-state index contributed by atoms with van der Waals surface area (Å²) >= 11 is 0. The van der Waals surface area contributed by atoms with Crippen LogP contribution < -0.4 is 0 Å². The van der Waals surface area contributed by atoms with E-state index in [0.29, 0.717) is 24.8 Å². The third-order valence-corrected chi connectivity index (χ3v) is 7.61. The van der Waals surface area contributed by atoms with Crippen LogP contribution in [0.5, 0.6) is 0 Å².